The monoisotopic (exact) mass is 257 g/mol. The van der Waals surface area contributed by atoms with E-state index in [0.29, 0.717) is 16.5 Å². The molecule has 4 nitrogen and oxygen atoms in total. The Morgan fingerprint density at radius 3 is 2.56 bits per heavy atom. The van der Waals surface area contributed by atoms with Gasteiger partial charge in [-0.15, -0.1) is 0 Å². The van der Waals surface area contributed by atoms with Crippen molar-refractivity contribution in [3.8, 4) is 0 Å². The predicted molar refractivity (Wildman–Crippen MR) is 62.3 cm³/mol. The van der Waals surface area contributed by atoms with Gasteiger partial charge in [0.05, 0.1) is 4.90 Å². The van der Waals surface area contributed by atoms with Crippen molar-refractivity contribution < 1.29 is 8.42 Å². The van der Waals surface area contributed by atoms with Crippen LogP contribution in [0.2, 0.25) is 0 Å². The van der Waals surface area contributed by atoms with Crippen LogP contribution in [-0.4, -0.2) is 13.4 Å². The summed E-state index contributed by atoms with van der Waals surface area (Å²) < 4.78 is 22.2. The van der Waals surface area contributed by atoms with E-state index in [-0.39, 0.29) is 10.5 Å². The van der Waals surface area contributed by atoms with Crippen molar-refractivity contribution in [2.45, 2.75) is 11.8 Å². The van der Waals surface area contributed by atoms with Crippen LogP contribution < -0.4 is 5.56 Å². The smallest absolute Gasteiger partial charge is 0.261 e. The summed E-state index contributed by atoms with van der Waals surface area (Å²) in [5.74, 6) is 0. The number of nitrogens with one attached hydrogen (secondary N) is 1. The van der Waals surface area contributed by atoms with Crippen LogP contribution in [-0.2, 0) is 9.05 Å². The number of hydrogen-bond acceptors (Lipinski definition) is 3. The van der Waals surface area contributed by atoms with E-state index in [1.54, 1.807) is 13.0 Å². The molecule has 0 aliphatic heterocycles. The number of H-pyrrole nitrogens is 1. The largest absolute Gasteiger partial charge is 0.322 e. The standard InChI is InChI=1S/C10H8ClNO3S/c1-6-4-7-5-8(16(11,14)15)2-3-9(7)12-10(6)13/h2-5H,1H3,(H,12,13). The third-order valence-corrected chi connectivity index (χ3v) is 3.63. The number of aromatic amines is 1. The van der Waals surface area contributed by atoms with Gasteiger partial charge < -0.3 is 4.98 Å². The van der Waals surface area contributed by atoms with Crippen LogP contribution in [0.15, 0.2) is 34.0 Å². The molecule has 0 unspecified atom stereocenters. The van der Waals surface area contributed by atoms with E-state index in [0.717, 1.165) is 0 Å². The minimum atomic E-state index is -3.74. The summed E-state index contributed by atoms with van der Waals surface area (Å²) in [6.45, 7) is 1.65. The highest BCUT2D eigenvalue weighted by atomic mass is 35.7. The van der Waals surface area contributed by atoms with Crippen LogP contribution in [0.25, 0.3) is 10.9 Å². The molecule has 1 aromatic carbocycles. The van der Waals surface area contributed by atoms with E-state index >= 15 is 0 Å². The van der Waals surface area contributed by atoms with Crippen molar-refractivity contribution in [1.29, 1.82) is 0 Å². The Morgan fingerprint density at radius 1 is 1.25 bits per heavy atom. The van der Waals surface area contributed by atoms with Gasteiger partial charge in [-0.05, 0) is 36.6 Å². The molecule has 0 fully saturated rings. The fourth-order valence-corrected chi connectivity index (χ4v) is 2.23. The maximum absolute atomic E-state index is 11.3. The second-order valence-corrected chi connectivity index (χ2v) is 6.03. The molecule has 6 heteroatoms. The molecule has 16 heavy (non-hydrogen) atoms. The summed E-state index contributed by atoms with van der Waals surface area (Å²) in [7, 11) is 1.49. The van der Waals surface area contributed by atoms with Gasteiger partial charge in [0.1, 0.15) is 0 Å². The lowest BCUT2D eigenvalue weighted by Gasteiger charge is -2.01. The van der Waals surface area contributed by atoms with E-state index < -0.39 is 9.05 Å². The third kappa shape index (κ3) is 1.96. The first-order valence-corrected chi connectivity index (χ1v) is 6.77. The van der Waals surface area contributed by atoms with Crippen LogP contribution in [0.4, 0.5) is 0 Å². The first-order chi connectivity index (χ1) is 7.38. The molecule has 1 aromatic heterocycles. The van der Waals surface area contributed by atoms with Gasteiger partial charge in [0.25, 0.3) is 14.6 Å². The Balaban J connectivity index is 2.82. The average Bonchev–Trinajstić information content (AvgIpc) is 2.17. The summed E-state index contributed by atoms with van der Waals surface area (Å²) in [5.41, 5.74) is 0.922. The molecule has 0 spiro atoms. The van der Waals surface area contributed by atoms with Crippen molar-refractivity contribution in [1.82, 2.24) is 4.98 Å². The topological polar surface area (TPSA) is 67.0 Å². The summed E-state index contributed by atoms with van der Waals surface area (Å²) in [5, 5.41) is 0.638. The van der Waals surface area contributed by atoms with E-state index in [4.69, 9.17) is 10.7 Å². The highest BCUT2D eigenvalue weighted by Crippen LogP contribution is 2.20. The van der Waals surface area contributed by atoms with Gasteiger partial charge in [0, 0.05) is 21.8 Å². The SMILES string of the molecule is Cc1cc2cc(S(=O)(=O)Cl)ccc2[nH]c1=O. The molecule has 0 saturated heterocycles. The lowest BCUT2D eigenvalue weighted by Crippen LogP contribution is -2.08. The second kappa shape index (κ2) is 3.61. The van der Waals surface area contributed by atoms with E-state index in [1.807, 2.05) is 0 Å². The molecule has 84 valence electrons. The van der Waals surface area contributed by atoms with Gasteiger partial charge in [0.15, 0.2) is 0 Å². The Labute approximate surface area is 96.3 Å². The number of benzene rings is 1. The van der Waals surface area contributed by atoms with Crippen LogP contribution in [0.5, 0.6) is 0 Å². The van der Waals surface area contributed by atoms with Gasteiger partial charge in [-0.25, -0.2) is 8.42 Å². The van der Waals surface area contributed by atoms with Gasteiger partial charge >= 0.3 is 0 Å². The highest BCUT2D eigenvalue weighted by Gasteiger charge is 2.10. The molecule has 0 amide bonds. The first kappa shape index (κ1) is 11.2. The Morgan fingerprint density at radius 2 is 1.94 bits per heavy atom. The van der Waals surface area contributed by atoms with E-state index in [2.05, 4.69) is 4.98 Å². The molecule has 0 aliphatic rings. The van der Waals surface area contributed by atoms with Crippen LogP contribution in [0.1, 0.15) is 5.56 Å². The average molecular weight is 258 g/mol. The zero-order valence-corrected chi connectivity index (χ0v) is 9.89. The lowest BCUT2D eigenvalue weighted by atomic mass is 10.2. The Kier molecular flexibility index (Phi) is 2.52. The molecule has 0 radical (unpaired) electrons. The Hall–Kier alpha value is -1.33. The molecule has 0 bridgehead atoms. The quantitative estimate of drug-likeness (QED) is 0.792. The summed E-state index contributed by atoms with van der Waals surface area (Å²) in [6, 6.07) is 5.93. The lowest BCUT2D eigenvalue weighted by molar-refractivity contribution is 0.609. The predicted octanol–water partition coefficient (Wildman–Crippen LogP) is 1.76. The van der Waals surface area contributed by atoms with Gasteiger partial charge in [-0.1, -0.05) is 0 Å². The third-order valence-electron chi connectivity index (χ3n) is 2.28. The summed E-state index contributed by atoms with van der Waals surface area (Å²) in [6.07, 6.45) is 0. The van der Waals surface area contributed by atoms with Crippen molar-refractivity contribution in [3.05, 3.63) is 40.2 Å². The molecule has 0 saturated carbocycles. The van der Waals surface area contributed by atoms with Crippen LogP contribution in [0.3, 0.4) is 0 Å². The van der Waals surface area contributed by atoms with Gasteiger partial charge in [0.2, 0.25) is 0 Å². The number of pyridine rings is 1. The molecule has 2 aromatic rings. The van der Waals surface area contributed by atoms with Gasteiger partial charge in [-0.3, -0.25) is 4.79 Å². The molecule has 1 N–H and O–H groups in total. The second-order valence-electron chi connectivity index (χ2n) is 3.47. The molecule has 2 rings (SSSR count). The number of fused-ring (bicyclic) bond motifs is 1. The van der Waals surface area contributed by atoms with Crippen LogP contribution >= 0.6 is 10.7 Å². The van der Waals surface area contributed by atoms with Crippen molar-refractivity contribution >= 4 is 30.6 Å². The van der Waals surface area contributed by atoms with E-state index in [9.17, 15) is 13.2 Å². The van der Waals surface area contributed by atoms with E-state index in [1.165, 1.54) is 18.2 Å². The zero-order valence-electron chi connectivity index (χ0n) is 8.32. The minimum absolute atomic E-state index is 0.0214. The minimum Gasteiger partial charge on any atom is -0.322 e. The fourth-order valence-electron chi connectivity index (χ4n) is 1.45. The van der Waals surface area contributed by atoms with Crippen LogP contribution in [0, 0.1) is 6.92 Å². The summed E-state index contributed by atoms with van der Waals surface area (Å²) >= 11 is 0. The molecule has 1 heterocycles. The molecular weight excluding hydrogens is 250 g/mol. The summed E-state index contributed by atoms with van der Waals surface area (Å²) in [4.78, 5) is 14.0. The number of aromatic nitrogens is 1. The molecular formula is C10H8ClNO3S. The number of halogens is 1. The van der Waals surface area contributed by atoms with Crippen molar-refractivity contribution in [3.63, 3.8) is 0 Å². The maximum Gasteiger partial charge on any atom is 0.261 e. The van der Waals surface area contributed by atoms with Crippen molar-refractivity contribution in [2.24, 2.45) is 0 Å². The number of hydrogen-bond donors (Lipinski definition) is 1. The molecule has 0 aliphatic carbocycles. The van der Waals surface area contributed by atoms with Crippen molar-refractivity contribution in [2.75, 3.05) is 0 Å². The highest BCUT2D eigenvalue weighted by molar-refractivity contribution is 8.13. The van der Waals surface area contributed by atoms with Gasteiger partial charge in [-0.2, -0.15) is 0 Å². The number of aryl methyl sites for hydroxylation is 1. The first-order valence-electron chi connectivity index (χ1n) is 4.46. The fraction of sp³-hybridized carbons (Fsp3) is 0.100. The normalized spacial score (nSPS) is 11.9. The zero-order chi connectivity index (χ0) is 11.9. The maximum atomic E-state index is 11.3. The molecule has 0 atom stereocenters. The number of rotatable bonds is 1. The Bertz CT molecular complexity index is 718.